The highest BCUT2D eigenvalue weighted by molar-refractivity contribution is 7.92. The Morgan fingerprint density at radius 1 is 0.977 bits per heavy atom. The van der Waals surface area contributed by atoms with Crippen molar-refractivity contribution < 1.29 is 27.5 Å². The summed E-state index contributed by atoms with van der Waals surface area (Å²) in [5.74, 6) is -0.137. The second kappa shape index (κ2) is 14.1. The molecule has 3 aromatic carbocycles. The van der Waals surface area contributed by atoms with Crippen LogP contribution < -0.4 is 19.1 Å². The summed E-state index contributed by atoms with van der Waals surface area (Å²) in [5.41, 5.74) is 1.81. The van der Waals surface area contributed by atoms with Crippen LogP contribution in [0.15, 0.2) is 71.6 Å². The van der Waals surface area contributed by atoms with Crippen molar-refractivity contribution in [3.63, 3.8) is 0 Å². The lowest BCUT2D eigenvalue weighted by molar-refractivity contribution is -0.139. The van der Waals surface area contributed by atoms with E-state index in [9.17, 15) is 18.0 Å². The largest absolute Gasteiger partial charge is 0.493 e. The molecule has 0 bridgehead atoms. The number of nitrogens with zero attached hydrogens (tertiary/aromatic N) is 2. The minimum absolute atomic E-state index is 0.0223. The molecule has 1 aliphatic rings. The van der Waals surface area contributed by atoms with Crippen molar-refractivity contribution in [2.45, 2.75) is 63.1 Å². The number of carbonyl (C=O) groups is 2. The highest BCUT2D eigenvalue weighted by atomic mass is 35.5. The number of nitrogens with one attached hydrogen (secondary N) is 1. The van der Waals surface area contributed by atoms with Crippen LogP contribution >= 0.6 is 11.6 Å². The highest BCUT2D eigenvalue weighted by Gasteiger charge is 2.33. The van der Waals surface area contributed by atoms with Crippen molar-refractivity contribution in [2.24, 2.45) is 0 Å². The number of hydrogen-bond donors (Lipinski definition) is 1. The Bertz CT molecular complexity index is 1540. The number of ether oxygens (including phenoxy) is 2. The lowest BCUT2D eigenvalue weighted by Crippen LogP contribution is -2.52. The van der Waals surface area contributed by atoms with Crippen LogP contribution in [0, 0.1) is 6.92 Å². The molecule has 9 nitrogen and oxygen atoms in total. The van der Waals surface area contributed by atoms with Crippen LogP contribution in [0.5, 0.6) is 11.5 Å². The van der Waals surface area contributed by atoms with Gasteiger partial charge in [0.25, 0.3) is 10.0 Å². The third-order valence-corrected chi connectivity index (χ3v) is 9.68. The number of rotatable bonds is 12. The van der Waals surface area contributed by atoms with Crippen molar-refractivity contribution in [3.05, 3.63) is 82.9 Å². The minimum Gasteiger partial charge on any atom is -0.493 e. The summed E-state index contributed by atoms with van der Waals surface area (Å²) in [5, 5.41) is 3.55. The maximum Gasteiger partial charge on any atom is 0.264 e. The molecule has 11 heteroatoms. The highest BCUT2D eigenvalue weighted by Crippen LogP contribution is 2.34. The number of amides is 2. The Balaban J connectivity index is 1.73. The van der Waals surface area contributed by atoms with Crippen LogP contribution in [0.1, 0.15) is 43.7 Å². The van der Waals surface area contributed by atoms with E-state index in [1.807, 2.05) is 13.0 Å². The van der Waals surface area contributed by atoms with Crippen molar-refractivity contribution >= 4 is 39.1 Å². The number of carbonyl (C=O) groups excluding carboxylic acids is 2. The molecule has 2 amide bonds. The molecule has 1 atom stereocenters. The van der Waals surface area contributed by atoms with E-state index in [4.69, 9.17) is 21.1 Å². The zero-order valence-corrected chi connectivity index (χ0v) is 26.5. The third kappa shape index (κ3) is 7.80. The van der Waals surface area contributed by atoms with Crippen LogP contribution in [0.4, 0.5) is 5.69 Å². The second-order valence-corrected chi connectivity index (χ2v) is 13.0. The van der Waals surface area contributed by atoms with Crippen LogP contribution in [0.3, 0.4) is 0 Å². The molecular formula is C32H38ClN3O6S. The molecule has 1 aliphatic carbocycles. The van der Waals surface area contributed by atoms with Crippen LogP contribution in [0.25, 0.3) is 0 Å². The van der Waals surface area contributed by atoms with Gasteiger partial charge in [-0.15, -0.1) is 0 Å². The molecule has 0 spiro atoms. The molecule has 4 rings (SSSR count). The summed E-state index contributed by atoms with van der Waals surface area (Å²) in [6.07, 6.45) is 3.87. The van der Waals surface area contributed by atoms with Gasteiger partial charge in [0.1, 0.15) is 12.6 Å². The van der Waals surface area contributed by atoms with E-state index >= 15 is 0 Å². The fraction of sp³-hybridized carbons (Fsp3) is 0.375. The molecule has 1 N–H and O–H groups in total. The first-order chi connectivity index (χ1) is 20.5. The molecule has 0 heterocycles. The quantitative estimate of drug-likeness (QED) is 0.291. The predicted molar refractivity (Wildman–Crippen MR) is 167 cm³/mol. The van der Waals surface area contributed by atoms with Gasteiger partial charge in [-0.05, 0) is 68.7 Å². The third-order valence-electron chi connectivity index (χ3n) is 7.65. The first-order valence-electron chi connectivity index (χ1n) is 14.2. The molecule has 0 unspecified atom stereocenters. The van der Waals surface area contributed by atoms with Gasteiger partial charge >= 0.3 is 0 Å². The molecule has 0 radical (unpaired) electrons. The fourth-order valence-electron chi connectivity index (χ4n) is 5.15. The Kier molecular flexibility index (Phi) is 10.6. The van der Waals surface area contributed by atoms with Gasteiger partial charge < -0.3 is 19.7 Å². The molecule has 3 aromatic rings. The van der Waals surface area contributed by atoms with Gasteiger partial charge in [0.2, 0.25) is 11.8 Å². The maximum atomic E-state index is 14.2. The van der Waals surface area contributed by atoms with E-state index in [0.29, 0.717) is 22.1 Å². The summed E-state index contributed by atoms with van der Waals surface area (Å²) in [6, 6.07) is 17.2. The molecule has 230 valence electrons. The van der Waals surface area contributed by atoms with E-state index < -0.39 is 28.5 Å². The van der Waals surface area contributed by atoms with E-state index in [1.165, 1.54) is 37.3 Å². The van der Waals surface area contributed by atoms with E-state index in [1.54, 1.807) is 49.4 Å². The standard InChI is InChI=1S/C32H38ClN3O6S/c1-22-12-15-28(16-13-22)43(39,40)36(27-14-17-29(41-3)30(19-27)42-4)21-31(37)35(20-24-8-7-9-25(33)18-24)23(2)32(38)34-26-10-5-6-11-26/h7-9,12-19,23,26H,5-6,10-11,20-21H2,1-4H3,(H,34,38)/t23-/m0/s1. The van der Waals surface area contributed by atoms with E-state index in [2.05, 4.69) is 5.32 Å². The smallest absolute Gasteiger partial charge is 0.264 e. The normalized spacial score (nSPS) is 14.2. The molecule has 43 heavy (non-hydrogen) atoms. The van der Waals surface area contributed by atoms with Crippen molar-refractivity contribution in [2.75, 3.05) is 25.1 Å². The van der Waals surface area contributed by atoms with Gasteiger partial charge in [0.05, 0.1) is 24.8 Å². The number of halogens is 1. The number of aryl methyl sites for hydroxylation is 1. The topological polar surface area (TPSA) is 105 Å². The molecule has 1 fully saturated rings. The number of benzene rings is 3. The Hall–Kier alpha value is -3.76. The first-order valence-corrected chi connectivity index (χ1v) is 16.0. The van der Waals surface area contributed by atoms with Gasteiger partial charge in [-0.3, -0.25) is 13.9 Å². The van der Waals surface area contributed by atoms with E-state index in [-0.39, 0.29) is 29.1 Å². The molecular weight excluding hydrogens is 590 g/mol. The maximum absolute atomic E-state index is 14.2. The molecule has 0 aliphatic heterocycles. The zero-order valence-electron chi connectivity index (χ0n) is 24.9. The second-order valence-electron chi connectivity index (χ2n) is 10.7. The number of hydrogen-bond acceptors (Lipinski definition) is 6. The Morgan fingerprint density at radius 3 is 2.28 bits per heavy atom. The zero-order chi connectivity index (χ0) is 31.1. The van der Waals surface area contributed by atoms with Crippen LogP contribution in [-0.4, -0.2) is 58.0 Å². The van der Waals surface area contributed by atoms with Crippen molar-refractivity contribution in [1.29, 1.82) is 0 Å². The summed E-state index contributed by atoms with van der Waals surface area (Å²) < 4.78 is 40.0. The number of sulfonamides is 1. The fourth-order valence-corrected chi connectivity index (χ4v) is 6.77. The summed E-state index contributed by atoms with van der Waals surface area (Å²) in [7, 11) is -1.29. The molecule has 1 saturated carbocycles. The Labute approximate surface area is 258 Å². The van der Waals surface area contributed by atoms with Gasteiger partial charge in [-0.25, -0.2) is 8.42 Å². The van der Waals surface area contributed by atoms with Gasteiger partial charge in [-0.1, -0.05) is 54.3 Å². The lowest BCUT2D eigenvalue weighted by atomic mass is 10.1. The molecule has 0 aromatic heterocycles. The lowest BCUT2D eigenvalue weighted by Gasteiger charge is -2.32. The summed E-state index contributed by atoms with van der Waals surface area (Å²) in [4.78, 5) is 28.9. The van der Waals surface area contributed by atoms with Crippen molar-refractivity contribution in [1.82, 2.24) is 10.2 Å². The number of anilines is 1. The first kappa shape index (κ1) is 32.2. The van der Waals surface area contributed by atoms with Gasteiger partial charge in [-0.2, -0.15) is 0 Å². The van der Waals surface area contributed by atoms with Gasteiger partial charge in [0.15, 0.2) is 11.5 Å². The van der Waals surface area contributed by atoms with Crippen LogP contribution in [-0.2, 0) is 26.2 Å². The summed E-state index contributed by atoms with van der Waals surface area (Å²) in [6.45, 7) is 3.01. The van der Waals surface area contributed by atoms with E-state index in [0.717, 1.165) is 35.6 Å². The SMILES string of the molecule is COc1ccc(N(CC(=O)N(Cc2cccc(Cl)c2)[C@@H](C)C(=O)NC2CCCC2)S(=O)(=O)c2ccc(C)cc2)cc1OC. The molecule has 0 saturated heterocycles. The van der Waals surface area contributed by atoms with Crippen molar-refractivity contribution in [3.8, 4) is 11.5 Å². The Morgan fingerprint density at radius 2 is 1.65 bits per heavy atom. The summed E-state index contributed by atoms with van der Waals surface area (Å²) >= 11 is 6.23. The monoisotopic (exact) mass is 627 g/mol. The van der Waals surface area contributed by atoms with Crippen LogP contribution in [0.2, 0.25) is 5.02 Å². The van der Waals surface area contributed by atoms with Gasteiger partial charge in [0, 0.05) is 23.7 Å². The minimum atomic E-state index is -4.22. The number of methoxy groups -OCH3 is 2. The average Bonchev–Trinajstić information content (AvgIpc) is 3.51. The predicted octanol–water partition coefficient (Wildman–Crippen LogP) is 5.34. The average molecular weight is 628 g/mol.